The molecule has 6 nitrogen and oxygen atoms in total. The smallest absolute Gasteiger partial charge is 0.322 e. The van der Waals surface area contributed by atoms with E-state index >= 15 is 0 Å². The molecule has 0 spiro atoms. The summed E-state index contributed by atoms with van der Waals surface area (Å²) in [6.07, 6.45) is 7.09. The van der Waals surface area contributed by atoms with Gasteiger partial charge in [0.25, 0.3) is 0 Å². The number of hydrogen-bond acceptors (Lipinski definition) is 6. The molecule has 0 unspecified atom stereocenters. The van der Waals surface area contributed by atoms with Crippen molar-refractivity contribution in [1.82, 2.24) is 15.0 Å². The maximum absolute atomic E-state index is 5.10. The molecule has 0 saturated heterocycles. The minimum atomic E-state index is 0.343. The number of rotatable bonds is 11. The Balaban J connectivity index is 2.49. The second-order valence-corrected chi connectivity index (χ2v) is 4.74. The van der Waals surface area contributed by atoms with Crippen LogP contribution in [-0.4, -0.2) is 35.2 Å². The van der Waals surface area contributed by atoms with Gasteiger partial charge in [0.1, 0.15) is 0 Å². The molecule has 1 aromatic heterocycles. The molecular weight excluding hydrogens is 254 g/mol. The average molecular weight is 281 g/mol. The molecule has 0 aromatic carbocycles. The maximum atomic E-state index is 5.10. The van der Waals surface area contributed by atoms with E-state index in [-0.39, 0.29) is 0 Å². The van der Waals surface area contributed by atoms with Crippen molar-refractivity contribution in [3.05, 3.63) is 0 Å². The van der Waals surface area contributed by atoms with Crippen LogP contribution in [0.3, 0.4) is 0 Å². The van der Waals surface area contributed by atoms with Gasteiger partial charge in [-0.1, -0.05) is 39.5 Å². The number of unbranched alkanes of at least 4 members (excludes halogenated alkanes) is 4. The van der Waals surface area contributed by atoms with Crippen molar-refractivity contribution in [2.24, 2.45) is 0 Å². The average Bonchev–Trinajstić information content (AvgIpc) is 2.47. The van der Waals surface area contributed by atoms with E-state index in [1.807, 2.05) is 0 Å². The normalized spacial score (nSPS) is 10.3. The van der Waals surface area contributed by atoms with Gasteiger partial charge in [0, 0.05) is 13.1 Å². The van der Waals surface area contributed by atoms with Crippen LogP contribution in [-0.2, 0) is 0 Å². The van der Waals surface area contributed by atoms with Gasteiger partial charge < -0.3 is 15.4 Å². The van der Waals surface area contributed by atoms with Crippen LogP contribution in [0.2, 0.25) is 0 Å². The standard InChI is InChI=1S/C14H27N5O/c1-4-6-8-9-11-16-13-17-12(15-10-7-5-2)18-14(19-13)20-3/h4-11H2,1-3H3,(H2,15,16,17,18,19). The van der Waals surface area contributed by atoms with Crippen LogP contribution in [0.5, 0.6) is 6.01 Å². The van der Waals surface area contributed by atoms with Crippen molar-refractivity contribution in [3.63, 3.8) is 0 Å². The van der Waals surface area contributed by atoms with Gasteiger partial charge in [0.15, 0.2) is 0 Å². The zero-order valence-electron chi connectivity index (χ0n) is 12.9. The quantitative estimate of drug-likeness (QED) is 0.607. The van der Waals surface area contributed by atoms with Crippen LogP contribution in [0.1, 0.15) is 52.4 Å². The Morgan fingerprint density at radius 1 is 0.800 bits per heavy atom. The molecule has 0 aliphatic heterocycles. The highest BCUT2D eigenvalue weighted by Crippen LogP contribution is 2.11. The third kappa shape index (κ3) is 6.54. The van der Waals surface area contributed by atoms with Gasteiger partial charge in [-0.3, -0.25) is 0 Å². The first-order chi connectivity index (χ1) is 9.80. The Morgan fingerprint density at radius 2 is 1.40 bits per heavy atom. The highest BCUT2D eigenvalue weighted by atomic mass is 16.5. The first kappa shape index (κ1) is 16.5. The van der Waals surface area contributed by atoms with Gasteiger partial charge in [0.05, 0.1) is 7.11 Å². The molecule has 0 radical (unpaired) electrons. The van der Waals surface area contributed by atoms with Gasteiger partial charge >= 0.3 is 6.01 Å². The summed E-state index contributed by atoms with van der Waals surface area (Å²) < 4.78 is 5.10. The van der Waals surface area contributed by atoms with E-state index in [4.69, 9.17) is 4.74 Å². The minimum Gasteiger partial charge on any atom is -0.467 e. The summed E-state index contributed by atoms with van der Waals surface area (Å²) in [5.74, 6) is 1.15. The summed E-state index contributed by atoms with van der Waals surface area (Å²) in [6.45, 7) is 6.10. The van der Waals surface area contributed by atoms with Crippen molar-refractivity contribution in [2.45, 2.75) is 52.4 Å². The third-order valence-corrected chi connectivity index (χ3v) is 2.92. The second-order valence-electron chi connectivity index (χ2n) is 4.74. The molecule has 0 amide bonds. The Kier molecular flexibility index (Phi) is 8.42. The van der Waals surface area contributed by atoms with Crippen molar-refractivity contribution < 1.29 is 4.74 Å². The second kappa shape index (κ2) is 10.2. The number of nitrogens with zero attached hydrogens (tertiary/aromatic N) is 3. The molecule has 20 heavy (non-hydrogen) atoms. The largest absolute Gasteiger partial charge is 0.467 e. The molecule has 0 aliphatic carbocycles. The van der Waals surface area contributed by atoms with Crippen LogP contribution >= 0.6 is 0 Å². The minimum absolute atomic E-state index is 0.343. The van der Waals surface area contributed by atoms with Crippen molar-refractivity contribution in [1.29, 1.82) is 0 Å². The predicted molar refractivity (Wildman–Crippen MR) is 82.4 cm³/mol. The molecule has 0 aliphatic rings. The highest BCUT2D eigenvalue weighted by Gasteiger charge is 2.05. The fourth-order valence-corrected chi connectivity index (χ4v) is 1.73. The molecule has 1 aromatic rings. The van der Waals surface area contributed by atoms with E-state index in [9.17, 15) is 0 Å². The molecule has 1 rings (SSSR count). The number of anilines is 2. The van der Waals surface area contributed by atoms with Gasteiger partial charge in [-0.15, -0.1) is 0 Å². The molecular formula is C14H27N5O. The number of nitrogens with one attached hydrogen (secondary N) is 2. The van der Waals surface area contributed by atoms with Crippen molar-refractivity contribution >= 4 is 11.9 Å². The van der Waals surface area contributed by atoms with E-state index in [0.29, 0.717) is 17.9 Å². The fourth-order valence-electron chi connectivity index (χ4n) is 1.73. The number of methoxy groups -OCH3 is 1. The van der Waals surface area contributed by atoms with E-state index in [1.165, 1.54) is 19.3 Å². The van der Waals surface area contributed by atoms with E-state index in [0.717, 1.165) is 32.4 Å². The lowest BCUT2D eigenvalue weighted by Crippen LogP contribution is -2.11. The summed E-state index contributed by atoms with van der Waals surface area (Å²) in [5, 5.41) is 6.42. The number of hydrogen-bond donors (Lipinski definition) is 2. The topological polar surface area (TPSA) is 72.0 Å². The van der Waals surface area contributed by atoms with Gasteiger partial charge in [-0.05, 0) is 12.8 Å². The van der Waals surface area contributed by atoms with Crippen LogP contribution in [0, 0.1) is 0 Å². The number of aromatic nitrogens is 3. The molecule has 1 heterocycles. The van der Waals surface area contributed by atoms with Gasteiger partial charge in [-0.25, -0.2) is 0 Å². The summed E-state index contributed by atoms with van der Waals surface area (Å²) >= 11 is 0. The molecule has 0 atom stereocenters. The molecule has 2 N–H and O–H groups in total. The third-order valence-electron chi connectivity index (χ3n) is 2.92. The monoisotopic (exact) mass is 281 g/mol. The Hall–Kier alpha value is -1.59. The van der Waals surface area contributed by atoms with Gasteiger partial charge in [-0.2, -0.15) is 15.0 Å². The molecule has 0 saturated carbocycles. The zero-order chi connectivity index (χ0) is 14.6. The van der Waals surface area contributed by atoms with Crippen molar-refractivity contribution in [3.8, 4) is 6.01 Å². The van der Waals surface area contributed by atoms with Crippen LogP contribution in [0.15, 0.2) is 0 Å². The highest BCUT2D eigenvalue weighted by molar-refractivity contribution is 5.35. The first-order valence-corrected chi connectivity index (χ1v) is 7.58. The van der Waals surface area contributed by atoms with E-state index in [2.05, 4.69) is 39.4 Å². The SMILES string of the molecule is CCCCCCNc1nc(NCCCC)nc(OC)n1. The lowest BCUT2D eigenvalue weighted by Gasteiger charge is -2.09. The van der Waals surface area contributed by atoms with Crippen LogP contribution in [0.25, 0.3) is 0 Å². The van der Waals surface area contributed by atoms with Crippen LogP contribution in [0.4, 0.5) is 11.9 Å². The van der Waals surface area contributed by atoms with E-state index in [1.54, 1.807) is 7.11 Å². The van der Waals surface area contributed by atoms with E-state index < -0.39 is 0 Å². The molecule has 114 valence electrons. The number of ether oxygens (including phenoxy) is 1. The Labute approximate surface area is 121 Å². The summed E-state index contributed by atoms with van der Waals surface area (Å²) in [7, 11) is 1.57. The Morgan fingerprint density at radius 3 is 1.95 bits per heavy atom. The zero-order valence-corrected chi connectivity index (χ0v) is 12.9. The molecule has 0 fully saturated rings. The first-order valence-electron chi connectivity index (χ1n) is 7.58. The maximum Gasteiger partial charge on any atom is 0.322 e. The lowest BCUT2D eigenvalue weighted by molar-refractivity contribution is 0.379. The summed E-state index contributed by atoms with van der Waals surface area (Å²) in [5.41, 5.74) is 0. The van der Waals surface area contributed by atoms with Gasteiger partial charge in [0.2, 0.25) is 11.9 Å². The van der Waals surface area contributed by atoms with Crippen LogP contribution < -0.4 is 15.4 Å². The summed E-state index contributed by atoms with van der Waals surface area (Å²) in [6, 6.07) is 0.343. The molecule has 6 heteroatoms. The predicted octanol–water partition coefficient (Wildman–Crippen LogP) is 3.08. The lowest BCUT2D eigenvalue weighted by atomic mass is 10.2. The summed E-state index contributed by atoms with van der Waals surface area (Å²) in [4.78, 5) is 12.7. The molecule has 0 bridgehead atoms. The fraction of sp³-hybridized carbons (Fsp3) is 0.786. The Bertz CT molecular complexity index is 373. The van der Waals surface area contributed by atoms with Crippen molar-refractivity contribution in [2.75, 3.05) is 30.8 Å².